The molecule has 0 N–H and O–H groups in total. The average Bonchev–Trinajstić information content (AvgIpc) is 2.42. The topological polar surface area (TPSA) is 29.5 Å². The van der Waals surface area contributed by atoms with Gasteiger partial charge < -0.3 is 9.64 Å². The molecule has 0 radical (unpaired) electrons. The van der Waals surface area contributed by atoms with Crippen molar-refractivity contribution >= 4 is 27.5 Å². The van der Waals surface area contributed by atoms with Crippen molar-refractivity contribution in [3.05, 3.63) is 34.3 Å². The van der Waals surface area contributed by atoms with E-state index in [4.69, 9.17) is 4.74 Å². The Bertz CT molecular complexity index is 561. The second kappa shape index (κ2) is 7.02. The molecule has 1 aromatic carbocycles. The third kappa shape index (κ3) is 3.81. The van der Waals surface area contributed by atoms with Crippen molar-refractivity contribution in [3.63, 3.8) is 0 Å². The first-order chi connectivity index (χ1) is 10.0. The second-order valence-corrected chi connectivity index (χ2v) is 5.45. The zero-order valence-electron chi connectivity index (χ0n) is 11.6. The summed E-state index contributed by atoms with van der Waals surface area (Å²) in [6.07, 6.45) is 0.0970. The fourth-order valence-electron chi connectivity index (χ4n) is 2.27. The van der Waals surface area contributed by atoms with Crippen molar-refractivity contribution in [3.8, 4) is 5.75 Å². The second-order valence-electron chi connectivity index (χ2n) is 4.60. The van der Waals surface area contributed by atoms with Crippen molar-refractivity contribution < 1.29 is 18.3 Å². The molecule has 1 aromatic rings. The molecule has 1 aliphatic heterocycles. The lowest BCUT2D eigenvalue weighted by Gasteiger charge is -2.29. The molecule has 0 spiro atoms. The molecule has 0 saturated carbocycles. The molecule has 1 heterocycles. The first-order valence-corrected chi connectivity index (χ1v) is 7.53. The van der Waals surface area contributed by atoms with Crippen molar-refractivity contribution in [2.24, 2.45) is 0 Å². The molecule has 0 unspecified atom stereocenters. The minimum Gasteiger partial charge on any atom is -0.494 e. The molecule has 1 amide bonds. The van der Waals surface area contributed by atoms with E-state index in [1.807, 2.05) is 13.0 Å². The molecule has 0 saturated heterocycles. The largest absolute Gasteiger partial charge is 0.494 e. The predicted octanol–water partition coefficient (Wildman–Crippen LogP) is 4.08. The summed E-state index contributed by atoms with van der Waals surface area (Å²) < 4.78 is 31.5. The fraction of sp³-hybridized carbons (Fsp3) is 0.400. The average molecular weight is 360 g/mol. The maximum Gasteiger partial charge on any atom is 0.256 e. The number of allylic oxidation sites excluding steroid dienone is 1. The van der Waals surface area contributed by atoms with E-state index in [0.29, 0.717) is 34.5 Å². The van der Waals surface area contributed by atoms with Gasteiger partial charge in [-0.1, -0.05) is 6.08 Å². The van der Waals surface area contributed by atoms with Crippen LogP contribution in [0.3, 0.4) is 0 Å². The number of carbonyl (C=O) groups excluding carboxylic acids is 1. The molecule has 3 nitrogen and oxygen atoms in total. The predicted molar refractivity (Wildman–Crippen MR) is 80.2 cm³/mol. The Balaban J connectivity index is 2.33. The lowest BCUT2D eigenvalue weighted by Crippen LogP contribution is -2.35. The number of hydrogen-bond acceptors (Lipinski definition) is 2. The number of ether oxygens (including phenoxy) is 1. The van der Waals surface area contributed by atoms with E-state index < -0.39 is 13.0 Å². The molecule has 6 heteroatoms. The van der Waals surface area contributed by atoms with Crippen LogP contribution >= 0.6 is 15.9 Å². The van der Waals surface area contributed by atoms with Crippen LogP contribution in [0.15, 0.2) is 28.7 Å². The van der Waals surface area contributed by atoms with E-state index in [0.717, 1.165) is 4.90 Å². The highest BCUT2D eigenvalue weighted by molar-refractivity contribution is 9.10. The number of halogens is 3. The van der Waals surface area contributed by atoms with E-state index in [1.54, 1.807) is 18.2 Å². The quantitative estimate of drug-likeness (QED) is 0.792. The van der Waals surface area contributed by atoms with Crippen LogP contribution in [0.4, 0.5) is 8.78 Å². The fourth-order valence-corrected chi connectivity index (χ4v) is 2.83. The van der Waals surface area contributed by atoms with Crippen LogP contribution in [-0.2, 0) is 4.79 Å². The molecule has 114 valence electrons. The Morgan fingerprint density at radius 1 is 1.43 bits per heavy atom. The van der Waals surface area contributed by atoms with Crippen LogP contribution in [0.5, 0.6) is 5.75 Å². The lowest BCUT2D eigenvalue weighted by atomic mass is 10.0. The zero-order chi connectivity index (χ0) is 15.4. The number of rotatable bonds is 5. The smallest absolute Gasteiger partial charge is 0.256 e. The number of amides is 1. The summed E-state index contributed by atoms with van der Waals surface area (Å²) in [6.45, 7) is 1.85. The van der Waals surface area contributed by atoms with Gasteiger partial charge >= 0.3 is 0 Å². The highest BCUT2D eigenvalue weighted by atomic mass is 79.9. The van der Waals surface area contributed by atoms with Gasteiger partial charge in [0.1, 0.15) is 5.75 Å². The summed E-state index contributed by atoms with van der Waals surface area (Å²) in [4.78, 5) is 13.1. The van der Waals surface area contributed by atoms with Crippen LogP contribution in [0, 0.1) is 0 Å². The summed E-state index contributed by atoms with van der Waals surface area (Å²) in [7, 11) is 0. The molecule has 0 aromatic heterocycles. The van der Waals surface area contributed by atoms with Gasteiger partial charge in [0.05, 0.1) is 13.2 Å². The Hall–Kier alpha value is -1.43. The van der Waals surface area contributed by atoms with E-state index in [2.05, 4.69) is 15.9 Å². The summed E-state index contributed by atoms with van der Waals surface area (Å²) >= 11 is 3.42. The SMILES string of the molecule is CCOc1ccc(C2=CCCC(=O)N2CC(F)F)c(Br)c1. The monoisotopic (exact) mass is 359 g/mol. The summed E-state index contributed by atoms with van der Waals surface area (Å²) in [5.74, 6) is 0.421. The van der Waals surface area contributed by atoms with Gasteiger partial charge in [-0.3, -0.25) is 4.79 Å². The van der Waals surface area contributed by atoms with E-state index in [1.165, 1.54) is 0 Å². The maximum absolute atomic E-state index is 12.7. The van der Waals surface area contributed by atoms with Gasteiger partial charge in [-0.15, -0.1) is 0 Å². The Labute approximate surface area is 130 Å². The minimum absolute atomic E-state index is 0.269. The molecular weight excluding hydrogens is 344 g/mol. The Morgan fingerprint density at radius 3 is 2.81 bits per heavy atom. The van der Waals surface area contributed by atoms with Crippen LogP contribution in [0.2, 0.25) is 0 Å². The lowest BCUT2D eigenvalue weighted by molar-refractivity contribution is -0.129. The molecular formula is C15H16BrF2NO2. The Morgan fingerprint density at radius 2 is 2.19 bits per heavy atom. The molecule has 0 aliphatic carbocycles. The first-order valence-electron chi connectivity index (χ1n) is 6.74. The number of nitrogens with zero attached hydrogens (tertiary/aromatic N) is 1. The molecule has 1 aliphatic rings. The van der Waals surface area contributed by atoms with E-state index in [-0.39, 0.29) is 12.3 Å². The van der Waals surface area contributed by atoms with Gasteiger partial charge in [0.15, 0.2) is 0 Å². The number of hydrogen-bond donors (Lipinski definition) is 0. The van der Waals surface area contributed by atoms with Gasteiger partial charge in [-0.2, -0.15) is 0 Å². The van der Waals surface area contributed by atoms with Crippen LogP contribution in [0.1, 0.15) is 25.3 Å². The molecule has 21 heavy (non-hydrogen) atoms. The summed E-state index contributed by atoms with van der Waals surface area (Å²) in [6, 6.07) is 5.32. The van der Waals surface area contributed by atoms with Crippen molar-refractivity contribution in [1.29, 1.82) is 0 Å². The Kier molecular flexibility index (Phi) is 5.33. The van der Waals surface area contributed by atoms with E-state index in [9.17, 15) is 13.6 Å². The molecule has 0 atom stereocenters. The van der Waals surface area contributed by atoms with E-state index >= 15 is 0 Å². The third-order valence-electron chi connectivity index (χ3n) is 3.14. The van der Waals surface area contributed by atoms with Gasteiger partial charge in [0, 0.05) is 22.2 Å². The third-order valence-corrected chi connectivity index (χ3v) is 3.79. The number of carbonyl (C=O) groups is 1. The highest BCUT2D eigenvalue weighted by Crippen LogP contribution is 2.33. The van der Waals surface area contributed by atoms with Crippen LogP contribution < -0.4 is 4.74 Å². The molecule has 0 fully saturated rings. The van der Waals surface area contributed by atoms with Crippen LogP contribution in [-0.4, -0.2) is 30.4 Å². The molecule has 2 rings (SSSR count). The summed E-state index contributed by atoms with van der Waals surface area (Å²) in [5, 5.41) is 0. The number of alkyl halides is 2. The highest BCUT2D eigenvalue weighted by Gasteiger charge is 2.26. The molecule has 0 bridgehead atoms. The zero-order valence-corrected chi connectivity index (χ0v) is 13.2. The normalized spacial score (nSPS) is 15.4. The van der Waals surface area contributed by atoms with Gasteiger partial charge in [-0.05, 0) is 47.5 Å². The summed E-state index contributed by atoms with van der Waals surface area (Å²) in [5.41, 5.74) is 1.24. The minimum atomic E-state index is -2.56. The van der Waals surface area contributed by atoms with Crippen molar-refractivity contribution in [2.45, 2.75) is 26.2 Å². The van der Waals surface area contributed by atoms with Crippen molar-refractivity contribution in [2.75, 3.05) is 13.2 Å². The standard InChI is InChI=1S/C15H16BrF2NO2/c1-2-21-10-6-7-11(12(16)8-10)13-4-3-5-15(20)19(13)9-14(17)18/h4,6-8,14H,2-3,5,9H2,1H3. The number of benzene rings is 1. The van der Waals surface area contributed by atoms with Gasteiger partial charge in [0.25, 0.3) is 6.43 Å². The van der Waals surface area contributed by atoms with Crippen LogP contribution in [0.25, 0.3) is 5.70 Å². The first kappa shape index (κ1) is 15.9. The maximum atomic E-state index is 12.7. The van der Waals surface area contributed by atoms with Gasteiger partial charge in [-0.25, -0.2) is 8.78 Å². The van der Waals surface area contributed by atoms with Crippen molar-refractivity contribution in [1.82, 2.24) is 4.90 Å². The van der Waals surface area contributed by atoms with Gasteiger partial charge in [0.2, 0.25) is 5.91 Å².